The average Bonchev–Trinajstić information content (AvgIpc) is 2.85. The maximum atomic E-state index is 15.2. The Balaban J connectivity index is 2.30. The minimum Gasteiger partial charge on any atom is -0.483 e. The lowest BCUT2D eigenvalue weighted by Gasteiger charge is -2.25. The average molecular weight is 497 g/mol. The highest BCUT2D eigenvalue weighted by molar-refractivity contribution is 7.85. The summed E-state index contributed by atoms with van der Waals surface area (Å²) in [6.45, 7) is -1.34. The molecule has 182 valence electrons. The van der Waals surface area contributed by atoms with Gasteiger partial charge in [0.15, 0.2) is 27.0 Å². The Morgan fingerprint density at radius 3 is 1.06 bits per heavy atom. The Hall–Kier alpha value is -4.30. The van der Waals surface area contributed by atoms with Gasteiger partial charge in [-0.25, -0.2) is 0 Å². The standard InChI is InChI=1S/C24H24N3O7P/c25-22(28)13-32-16-7-1-4-10-19(16)35(31,20-11-5-2-8-17(20)33-14-23(26)29)21-12-6-3-9-18(21)34-15-24(27)30/h1-12H,13-15H2,(H2,25,28)(H2,26,29)(H2,27,30). The van der Waals surface area contributed by atoms with Crippen molar-refractivity contribution in [1.82, 2.24) is 0 Å². The lowest BCUT2D eigenvalue weighted by atomic mass is 10.3. The van der Waals surface area contributed by atoms with Crippen LogP contribution in [0.3, 0.4) is 0 Å². The molecule has 0 aliphatic rings. The molecular weight excluding hydrogens is 473 g/mol. The Morgan fingerprint density at radius 1 is 0.543 bits per heavy atom. The fourth-order valence-electron chi connectivity index (χ4n) is 3.35. The van der Waals surface area contributed by atoms with Crippen molar-refractivity contribution in [2.45, 2.75) is 0 Å². The molecule has 0 fully saturated rings. The number of carbonyl (C=O) groups is 3. The Morgan fingerprint density at radius 2 is 0.800 bits per heavy atom. The first-order valence-corrected chi connectivity index (χ1v) is 12.1. The lowest BCUT2D eigenvalue weighted by molar-refractivity contribution is -0.120. The van der Waals surface area contributed by atoms with E-state index < -0.39 is 44.7 Å². The van der Waals surface area contributed by atoms with Crippen molar-refractivity contribution in [3.05, 3.63) is 72.8 Å². The van der Waals surface area contributed by atoms with Crippen LogP contribution in [0.5, 0.6) is 17.2 Å². The second-order valence-corrected chi connectivity index (χ2v) is 9.94. The molecule has 0 unspecified atom stereocenters. The number of carbonyl (C=O) groups excluding carboxylic acids is 3. The summed E-state index contributed by atoms with van der Waals surface area (Å²) in [5, 5.41) is 0.643. The van der Waals surface area contributed by atoms with Crippen LogP contribution in [0, 0.1) is 0 Å². The summed E-state index contributed by atoms with van der Waals surface area (Å²) < 4.78 is 32.0. The van der Waals surface area contributed by atoms with Gasteiger partial charge in [-0.2, -0.15) is 0 Å². The van der Waals surface area contributed by atoms with E-state index in [1.807, 2.05) is 0 Å². The quantitative estimate of drug-likeness (QED) is 0.293. The third-order valence-corrected chi connectivity index (χ3v) is 7.87. The van der Waals surface area contributed by atoms with Crippen LogP contribution in [-0.4, -0.2) is 37.5 Å². The Labute approximate surface area is 201 Å². The number of nitrogens with two attached hydrogens (primary N) is 3. The molecule has 3 aromatic rings. The molecule has 0 radical (unpaired) electrons. The van der Waals surface area contributed by atoms with E-state index in [2.05, 4.69) is 0 Å². The van der Waals surface area contributed by atoms with Crippen LogP contribution in [0.1, 0.15) is 0 Å². The van der Waals surface area contributed by atoms with Crippen LogP contribution in [0.15, 0.2) is 72.8 Å². The number of hydrogen-bond donors (Lipinski definition) is 3. The molecule has 3 amide bonds. The number of benzene rings is 3. The molecule has 35 heavy (non-hydrogen) atoms. The highest BCUT2D eigenvalue weighted by Gasteiger charge is 2.38. The minimum absolute atomic E-state index is 0.143. The number of amides is 3. The summed E-state index contributed by atoms with van der Waals surface area (Å²) in [4.78, 5) is 34.1. The number of hydrogen-bond acceptors (Lipinski definition) is 7. The molecule has 0 atom stereocenters. The van der Waals surface area contributed by atoms with E-state index in [-0.39, 0.29) is 33.2 Å². The van der Waals surface area contributed by atoms with Crippen LogP contribution in [-0.2, 0) is 18.9 Å². The van der Waals surface area contributed by atoms with Gasteiger partial charge in [0, 0.05) is 0 Å². The lowest BCUT2D eigenvalue weighted by Crippen LogP contribution is -2.31. The van der Waals surface area contributed by atoms with Crippen molar-refractivity contribution in [3.63, 3.8) is 0 Å². The molecule has 0 bridgehead atoms. The third kappa shape index (κ3) is 5.99. The second kappa shape index (κ2) is 11.2. The van der Waals surface area contributed by atoms with Gasteiger partial charge in [-0.1, -0.05) is 36.4 Å². The third-order valence-electron chi connectivity index (χ3n) is 4.72. The molecule has 0 aliphatic carbocycles. The number of primary amides is 3. The van der Waals surface area contributed by atoms with Crippen molar-refractivity contribution in [3.8, 4) is 17.2 Å². The van der Waals surface area contributed by atoms with Gasteiger partial charge < -0.3 is 36.0 Å². The maximum Gasteiger partial charge on any atom is 0.255 e. The molecule has 0 saturated carbocycles. The van der Waals surface area contributed by atoms with Gasteiger partial charge in [-0.05, 0) is 36.4 Å². The normalized spacial score (nSPS) is 10.9. The van der Waals surface area contributed by atoms with E-state index in [1.165, 1.54) is 0 Å². The van der Waals surface area contributed by atoms with E-state index >= 15 is 4.57 Å². The fourth-order valence-corrected chi connectivity index (χ4v) is 6.37. The Kier molecular flexibility index (Phi) is 8.12. The van der Waals surface area contributed by atoms with Crippen molar-refractivity contribution in [2.75, 3.05) is 19.8 Å². The first-order valence-electron chi connectivity index (χ1n) is 10.4. The van der Waals surface area contributed by atoms with Crippen molar-refractivity contribution in [2.24, 2.45) is 17.2 Å². The van der Waals surface area contributed by atoms with Gasteiger partial charge in [-0.15, -0.1) is 0 Å². The van der Waals surface area contributed by atoms with Crippen molar-refractivity contribution >= 4 is 40.8 Å². The zero-order chi connectivity index (χ0) is 25.4. The smallest absolute Gasteiger partial charge is 0.255 e. The molecule has 0 heterocycles. The molecular formula is C24H24N3O7P. The van der Waals surface area contributed by atoms with Gasteiger partial charge in [0.25, 0.3) is 17.7 Å². The van der Waals surface area contributed by atoms with Crippen LogP contribution >= 0.6 is 7.14 Å². The molecule has 0 aromatic heterocycles. The molecule has 0 aliphatic heterocycles. The first kappa shape index (κ1) is 25.3. The fraction of sp³-hybridized carbons (Fsp3) is 0.125. The van der Waals surface area contributed by atoms with Crippen LogP contribution < -0.4 is 47.3 Å². The molecule has 6 N–H and O–H groups in total. The molecule has 3 rings (SSSR count). The molecule has 0 saturated heterocycles. The topological polar surface area (TPSA) is 174 Å². The van der Waals surface area contributed by atoms with Gasteiger partial charge in [0.05, 0.1) is 15.9 Å². The van der Waals surface area contributed by atoms with Crippen molar-refractivity contribution < 1.29 is 33.2 Å². The molecule has 11 heteroatoms. The number of ether oxygens (including phenoxy) is 3. The highest BCUT2D eigenvalue weighted by Crippen LogP contribution is 2.49. The first-order chi connectivity index (χ1) is 16.7. The van der Waals surface area contributed by atoms with Gasteiger partial charge in [0.1, 0.15) is 17.2 Å². The summed E-state index contributed by atoms with van der Waals surface area (Å²) in [5.41, 5.74) is 15.7. The predicted molar refractivity (Wildman–Crippen MR) is 130 cm³/mol. The SMILES string of the molecule is NC(=O)COc1ccccc1P(=O)(c1ccccc1OCC(N)=O)c1ccccc1OCC(N)=O. The summed E-state index contributed by atoms with van der Waals surface area (Å²) in [5.74, 6) is -1.72. The van der Waals surface area contributed by atoms with E-state index in [0.29, 0.717) is 0 Å². The molecule has 10 nitrogen and oxygen atoms in total. The minimum atomic E-state index is -3.90. The second-order valence-electron chi connectivity index (χ2n) is 7.28. The van der Waals surface area contributed by atoms with Gasteiger partial charge >= 0.3 is 0 Å². The maximum absolute atomic E-state index is 15.2. The summed E-state index contributed by atoms with van der Waals surface area (Å²) in [6, 6.07) is 19.3. The summed E-state index contributed by atoms with van der Waals surface area (Å²) in [6.07, 6.45) is 0. The zero-order valence-electron chi connectivity index (χ0n) is 18.6. The van der Waals surface area contributed by atoms with E-state index in [0.717, 1.165) is 0 Å². The zero-order valence-corrected chi connectivity index (χ0v) is 19.5. The van der Waals surface area contributed by atoms with Crippen LogP contribution in [0.25, 0.3) is 0 Å². The largest absolute Gasteiger partial charge is 0.483 e. The number of para-hydroxylation sites is 3. The van der Waals surface area contributed by atoms with E-state index in [1.54, 1.807) is 72.8 Å². The summed E-state index contributed by atoms with van der Waals surface area (Å²) >= 11 is 0. The predicted octanol–water partition coefficient (Wildman–Crippen LogP) is -0.0817. The highest BCUT2D eigenvalue weighted by atomic mass is 31.2. The van der Waals surface area contributed by atoms with Crippen molar-refractivity contribution in [1.29, 1.82) is 0 Å². The molecule has 3 aromatic carbocycles. The van der Waals surface area contributed by atoms with Gasteiger partial charge in [0.2, 0.25) is 0 Å². The Bertz CT molecular complexity index is 1140. The summed E-state index contributed by atoms with van der Waals surface area (Å²) in [7, 11) is -3.90. The van der Waals surface area contributed by atoms with E-state index in [9.17, 15) is 14.4 Å². The molecule has 0 spiro atoms. The van der Waals surface area contributed by atoms with Gasteiger partial charge in [-0.3, -0.25) is 14.4 Å². The number of rotatable bonds is 12. The van der Waals surface area contributed by atoms with E-state index in [4.69, 9.17) is 31.4 Å². The van der Waals surface area contributed by atoms with Crippen LogP contribution in [0.2, 0.25) is 0 Å². The monoisotopic (exact) mass is 497 g/mol. The van der Waals surface area contributed by atoms with Crippen LogP contribution in [0.4, 0.5) is 0 Å².